The van der Waals surface area contributed by atoms with Crippen LogP contribution in [0.15, 0.2) is 60.7 Å². The largest absolute Gasteiger partial charge is 0.481 e. The van der Waals surface area contributed by atoms with E-state index in [1.807, 2.05) is 44.2 Å². The number of benzene rings is 2. The smallest absolute Gasteiger partial charge is 0.304 e. The highest BCUT2D eigenvalue weighted by Crippen LogP contribution is 2.18. The third-order valence-corrected chi connectivity index (χ3v) is 16.3. The molecule has 0 aliphatic rings. The third kappa shape index (κ3) is 35.0. The minimum absolute atomic E-state index is 0.00990. The Bertz CT molecular complexity index is 3010. The topological polar surface area (TPSA) is 509 Å². The number of aliphatic carboxylic acids is 4. The Morgan fingerprint density at radius 3 is 1.07 bits per heavy atom. The first-order valence-electron chi connectivity index (χ1n) is 33.7. The highest BCUT2D eigenvalue weighted by atomic mass is 16.4. The molecule has 0 bridgehead atoms. The molecule has 0 aliphatic heterocycles. The summed E-state index contributed by atoms with van der Waals surface area (Å²) in [5.74, 6) is -17.1. The summed E-state index contributed by atoms with van der Waals surface area (Å²) in [5.41, 5.74) is 13.0. The van der Waals surface area contributed by atoms with Crippen molar-refractivity contribution in [2.75, 3.05) is 6.54 Å². The van der Waals surface area contributed by atoms with E-state index in [0.29, 0.717) is 19.3 Å². The first kappa shape index (κ1) is 85.5. The molecule has 11 amide bonds. The van der Waals surface area contributed by atoms with Crippen LogP contribution in [0.5, 0.6) is 0 Å². The number of rotatable bonds is 50. The summed E-state index contributed by atoms with van der Waals surface area (Å²) in [5, 5.41) is 64.0. The van der Waals surface area contributed by atoms with Crippen molar-refractivity contribution in [3.63, 3.8) is 0 Å². The zero-order chi connectivity index (χ0) is 74.3. The van der Waals surface area contributed by atoms with E-state index in [1.54, 1.807) is 58.0 Å². The van der Waals surface area contributed by atoms with Gasteiger partial charge in [0.15, 0.2) is 0 Å². The molecule has 0 saturated heterocycles. The van der Waals surface area contributed by atoms with Crippen LogP contribution in [-0.2, 0) is 84.8 Å². The summed E-state index contributed by atoms with van der Waals surface area (Å²) in [6, 6.07) is 3.89. The number of carbonyl (C=O) groups is 15. The quantitative estimate of drug-likeness (QED) is 0.0413. The molecule has 31 heteroatoms. The first-order chi connectivity index (χ1) is 46.7. The van der Waals surface area contributed by atoms with E-state index in [9.17, 15) is 92.3 Å². The van der Waals surface area contributed by atoms with Crippen LogP contribution in [-0.4, -0.2) is 176 Å². The number of carboxylic acids is 4. The number of carboxylic acid groups (broad SMARTS) is 4. The molecule has 0 fully saturated rings. The minimum atomic E-state index is -1.83. The fourth-order valence-electron chi connectivity index (χ4n) is 10.1. The zero-order valence-electron chi connectivity index (χ0n) is 57.7. The van der Waals surface area contributed by atoms with Gasteiger partial charge in [-0.25, -0.2) is 0 Å². The van der Waals surface area contributed by atoms with Gasteiger partial charge in [-0.1, -0.05) is 108 Å². The van der Waals surface area contributed by atoms with Crippen LogP contribution < -0.4 is 64.6 Å². The van der Waals surface area contributed by atoms with E-state index >= 15 is 0 Å². The Balaban J connectivity index is 2.56. The van der Waals surface area contributed by atoms with Gasteiger partial charge in [0.05, 0.1) is 6.42 Å². The van der Waals surface area contributed by atoms with Crippen LogP contribution in [0.25, 0.3) is 0 Å². The van der Waals surface area contributed by atoms with E-state index in [2.05, 4.69) is 53.2 Å². The van der Waals surface area contributed by atoms with Gasteiger partial charge in [-0.2, -0.15) is 0 Å². The van der Waals surface area contributed by atoms with Gasteiger partial charge in [0, 0.05) is 37.6 Å². The van der Waals surface area contributed by atoms with Gasteiger partial charge in [0.25, 0.3) is 0 Å². The summed E-state index contributed by atoms with van der Waals surface area (Å²) < 4.78 is 0. The van der Waals surface area contributed by atoms with Crippen LogP contribution in [0.3, 0.4) is 0 Å². The number of nitrogens with two attached hydrogens (primary N) is 2. The van der Waals surface area contributed by atoms with E-state index in [4.69, 9.17) is 11.5 Å². The number of unbranched alkanes of at least 4 members (excludes halogenated alkanes) is 2. The number of carbonyl (C=O) groups excluding carboxylic acids is 11. The number of hydrogen-bond donors (Lipinski definition) is 16. The second-order valence-corrected chi connectivity index (χ2v) is 25.5. The summed E-state index contributed by atoms with van der Waals surface area (Å²) >= 11 is 0. The van der Waals surface area contributed by atoms with Crippen molar-refractivity contribution >= 4 is 88.9 Å². The van der Waals surface area contributed by atoms with Gasteiger partial charge in [-0.3, -0.25) is 71.9 Å². The van der Waals surface area contributed by atoms with Crippen molar-refractivity contribution in [1.82, 2.24) is 53.2 Å². The second kappa shape index (κ2) is 45.9. The molecule has 0 heterocycles. The number of nitrogens with one attached hydrogen (secondary N) is 10. The van der Waals surface area contributed by atoms with Crippen molar-refractivity contribution in [2.24, 2.45) is 29.2 Å². The normalized spacial score (nSPS) is 14.4. The maximum Gasteiger partial charge on any atom is 0.304 e. The molecule has 2 aromatic carbocycles. The van der Waals surface area contributed by atoms with Gasteiger partial charge in [0.1, 0.15) is 54.4 Å². The molecule has 31 nitrogen and oxygen atoms in total. The van der Waals surface area contributed by atoms with Crippen molar-refractivity contribution in [1.29, 1.82) is 0 Å². The Morgan fingerprint density at radius 1 is 0.374 bits per heavy atom. The number of amides is 11. The zero-order valence-corrected chi connectivity index (χ0v) is 57.7. The number of aryl methyl sites for hydroxylation is 2. The molecule has 0 aliphatic carbocycles. The standard InChI is InChI=1S/C68H104N12O19/c1-8-9-22-46(62(93)77-51(30-34-56(84)85)67(98)78-52(31-35-57(86)87)66(97)76-50(29-33-55(82)83)61(92)72-42(7)59(90)71-41(6)40(4)5)73-65(96)49(28-32-54(70)81)75-63(94)47(23-16-17-36-69)74-64(95)48(27-25-44-20-14-11-15-21-44)79-68(99)53(37-39(2)3)80-60(91)45(38-58(88)89)26-24-43-18-12-10-13-19-43/h10-15,18-21,39-42,45-53H,8-9,16-17,22-38,69H2,1-7H3,(H2,70,81)(H,71,90)(H,72,92)(H,73,96)(H,74,95)(H,75,94)(H,76,97)(H,77,93)(H,78,98)(H,79,99)(H,80,91)(H,82,83)(H,84,85)(H,86,87)(H,88,89)/t41-,42+,45+,46+,47+,48-,49+,50+,51+,52+,53-/m1/s1. The predicted octanol–water partition coefficient (Wildman–Crippen LogP) is 1.11. The molecule has 0 spiro atoms. The molecule has 2 aromatic rings. The molecule has 550 valence electrons. The van der Waals surface area contributed by atoms with Crippen molar-refractivity contribution < 1.29 is 92.3 Å². The molecule has 0 aromatic heterocycles. The molecule has 11 atom stereocenters. The van der Waals surface area contributed by atoms with E-state index in [1.165, 1.54) is 6.92 Å². The summed E-state index contributed by atoms with van der Waals surface area (Å²) in [4.78, 5) is 201. The summed E-state index contributed by atoms with van der Waals surface area (Å²) in [7, 11) is 0. The SMILES string of the molecule is CCCC[C@H](NC(=O)[C@H](CCC(N)=O)NC(=O)[C@H](CCCCN)NC(=O)[C@@H](CCc1ccccc1)NC(=O)[C@@H](CC(C)C)NC(=O)[C@@H](CCc1ccccc1)CC(=O)O)C(=O)N[C@@H](CCC(=O)O)C(=O)N[C@@H](CCC(=O)O)C(=O)N[C@@H](CCC(=O)O)C(=O)N[C@@H](C)C(=O)N[C@H](C)C(C)C. The molecular formula is C68H104N12O19. The number of hydrogen-bond acceptors (Lipinski definition) is 16. The van der Waals surface area contributed by atoms with Crippen molar-refractivity contribution in [3.05, 3.63) is 71.8 Å². The molecule has 0 unspecified atom stereocenters. The van der Waals surface area contributed by atoms with E-state index in [-0.39, 0.29) is 75.8 Å². The Hall–Kier alpha value is -9.55. The molecule has 99 heavy (non-hydrogen) atoms. The molecular weight excluding hydrogens is 1290 g/mol. The molecule has 2 rings (SSSR count). The molecule has 0 saturated carbocycles. The number of primary amides is 1. The minimum Gasteiger partial charge on any atom is -0.481 e. The fourth-order valence-corrected chi connectivity index (χ4v) is 10.1. The first-order valence-corrected chi connectivity index (χ1v) is 33.7. The monoisotopic (exact) mass is 1390 g/mol. The summed E-state index contributed by atoms with van der Waals surface area (Å²) in [6.07, 6.45) is -3.77. The van der Waals surface area contributed by atoms with Crippen LogP contribution in [0.1, 0.15) is 175 Å². The highest BCUT2D eigenvalue weighted by Gasteiger charge is 2.37. The van der Waals surface area contributed by atoms with Crippen molar-refractivity contribution in [3.8, 4) is 0 Å². The lowest BCUT2D eigenvalue weighted by Crippen LogP contribution is -2.60. The Kier molecular flexibility index (Phi) is 39.6. The average molecular weight is 1390 g/mol. The van der Waals surface area contributed by atoms with Crippen LogP contribution in [0, 0.1) is 17.8 Å². The molecule has 18 N–H and O–H groups in total. The maximum atomic E-state index is 14.7. The fraction of sp³-hybridized carbons (Fsp3) is 0.603. The third-order valence-electron chi connectivity index (χ3n) is 16.3. The Morgan fingerprint density at radius 2 is 0.717 bits per heavy atom. The van der Waals surface area contributed by atoms with Crippen LogP contribution >= 0.6 is 0 Å². The predicted molar refractivity (Wildman–Crippen MR) is 362 cm³/mol. The molecule has 0 radical (unpaired) electrons. The second-order valence-electron chi connectivity index (χ2n) is 25.5. The van der Waals surface area contributed by atoms with Crippen molar-refractivity contribution in [2.45, 2.75) is 237 Å². The summed E-state index contributed by atoms with van der Waals surface area (Å²) in [6.45, 7) is 12.3. The van der Waals surface area contributed by atoms with Gasteiger partial charge in [0.2, 0.25) is 65.0 Å². The van der Waals surface area contributed by atoms with Gasteiger partial charge in [-0.15, -0.1) is 0 Å². The lowest BCUT2D eigenvalue weighted by Gasteiger charge is -2.28. The highest BCUT2D eigenvalue weighted by molar-refractivity contribution is 5.99. The Labute approximate surface area is 577 Å². The van der Waals surface area contributed by atoms with E-state index < -0.39 is 207 Å². The average Bonchev–Trinajstić information content (AvgIpc) is 0.870. The van der Waals surface area contributed by atoms with E-state index in [0.717, 1.165) is 11.1 Å². The van der Waals surface area contributed by atoms with Crippen LogP contribution in [0.2, 0.25) is 0 Å². The maximum absolute atomic E-state index is 14.7. The van der Waals surface area contributed by atoms with Crippen LogP contribution in [0.4, 0.5) is 0 Å². The lowest BCUT2D eigenvalue weighted by molar-refractivity contribution is -0.142. The van der Waals surface area contributed by atoms with Gasteiger partial charge < -0.3 is 85.1 Å². The van der Waals surface area contributed by atoms with Gasteiger partial charge >= 0.3 is 23.9 Å². The van der Waals surface area contributed by atoms with Gasteiger partial charge in [-0.05, 0) is 127 Å². The lowest BCUT2D eigenvalue weighted by atomic mass is 9.94.